The molecule has 3 heteroatoms. The highest BCUT2D eigenvalue weighted by Crippen LogP contribution is 2.29. The predicted octanol–water partition coefficient (Wildman–Crippen LogP) is 4.50. The summed E-state index contributed by atoms with van der Waals surface area (Å²) in [6.07, 6.45) is 10.3. The summed E-state index contributed by atoms with van der Waals surface area (Å²) in [6, 6.07) is 5.54. The number of anilines is 1. The molecule has 116 valence electrons. The number of unbranched alkanes of at least 4 members (excludes halogenated alkanes) is 6. The molecule has 1 aromatic rings. The molecule has 0 fully saturated rings. The second-order valence-corrected chi connectivity index (χ2v) is 6.01. The molecule has 1 N–H and O–H groups in total. The van der Waals surface area contributed by atoms with Crippen LogP contribution < -0.4 is 4.90 Å². The second-order valence-electron chi connectivity index (χ2n) is 6.01. The molecule has 0 saturated carbocycles. The maximum Gasteiger partial charge on any atom is 0.335 e. The van der Waals surface area contributed by atoms with Crippen molar-refractivity contribution in [2.75, 3.05) is 18.0 Å². The van der Waals surface area contributed by atoms with Crippen LogP contribution in [0.15, 0.2) is 18.2 Å². The van der Waals surface area contributed by atoms with Gasteiger partial charge in [0.25, 0.3) is 0 Å². The monoisotopic (exact) mass is 289 g/mol. The highest BCUT2D eigenvalue weighted by molar-refractivity contribution is 5.88. The quantitative estimate of drug-likeness (QED) is 0.680. The highest BCUT2D eigenvalue weighted by atomic mass is 16.4. The van der Waals surface area contributed by atoms with E-state index >= 15 is 0 Å². The lowest BCUT2D eigenvalue weighted by Crippen LogP contribution is -2.21. The van der Waals surface area contributed by atoms with Crippen molar-refractivity contribution in [2.24, 2.45) is 0 Å². The molecule has 0 bridgehead atoms. The lowest BCUT2D eigenvalue weighted by Gasteiger charge is -2.19. The standard InChI is InChI=1S/C18H27NO2/c1-2-3-4-5-6-7-8-12-19-13-11-15-14-16(18(20)21)9-10-17(15)19/h9-10,14H,2-8,11-13H2,1H3,(H,20,21). The summed E-state index contributed by atoms with van der Waals surface area (Å²) in [5.74, 6) is -0.830. The van der Waals surface area contributed by atoms with Crippen LogP contribution in [0.3, 0.4) is 0 Å². The van der Waals surface area contributed by atoms with Crippen molar-refractivity contribution in [2.45, 2.75) is 58.3 Å². The van der Waals surface area contributed by atoms with Crippen LogP contribution in [0.25, 0.3) is 0 Å². The zero-order valence-electron chi connectivity index (χ0n) is 13.1. The Hall–Kier alpha value is -1.51. The lowest BCUT2D eigenvalue weighted by atomic mass is 10.1. The number of carbonyl (C=O) groups is 1. The average molecular weight is 289 g/mol. The molecule has 1 aliphatic rings. The van der Waals surface area contributed by atoms with Gasteiger partial charge in [0.05, 0.1) is 5.56 Å². The van der Waals surface area contributed by atoms with E-state index in [0.29, 0.717) is 5.56 Å². The van der Waals surface area contributed by atoms with E-state index < -0.39 is 5.97 Å². The van der Waals surface area contributed by atoms with E-state index in [2.05, 4.69) is 11.8 Å². The molecule has 0 amide bonds. The molecular weight excluding hydrogens is 262 g/mol. The van der Waals surface area contributed by atoms with Crippen molar-refractivity contribution in [1.29, 1.82) is 0 Å². The largest absolute Gasteiger partial charge is 0.478 e. The van der Waals surface area contributed by atoms with Crippen molar-refractivity contribution in [3.05, 3.63) is 29.3 Å². The smallest absolute Gasteiger partial charge is 0.335 e. The van der Waals surface area contributed by atoms with Gasteiger partial charge in [0.2, 0.25) is 0 Å². The van der Waals surface area contributed by atoms with Gasteiger partial charge in [0.15, 0.2) is 0 Å². The van der Waals surface area contributed by atoms with Crippen molar-refractivity contribution >= 4 is 11.7 Å². The molecule has 0 aromatic heterocycles. The second kappa shape index (κ2) is 8.06. The van der Waals surface area contributed by atoms with Gasteiger partial charge in [-0.2, -0.15) is 0 Å². The summed E-state index contributed by atoms with van der Waals surface area (Å²) in [7, 11) is 0. The van der Waals surface area contributed by atoms with Gasteiger partial charge in [-0.1, -0.05) is 45.4 Å². The number of nitrogens with zero attached hydrogens (tertiary/aromatic N) is 1. The van der Waals surface area contributed by atoms with Crippen molar-refractivity contribution < 1.29 is 9.90 Å². The zero-order valence-corrected chi connectivity index (χ0v) is 13.1. The summed E-state index contributed by atoms with van der Waals surface area (Å²) in [6.45, 7) is 4.39. The van der Waals surface area contributed by atoms with Crippen LogP contribution in [0.1, 0.15) is 67.8 Å². The van der Waals surface area contributed by atoms with E-state index in [0.717, 1.165) is 19.5 Å². The van der Waals surface area contributed by atoms with Crippen LogP contribution in [-0.4, -0.2) is 24.2 Å². The van der Waals surface area contributed by atoms with Crippen LogP contribution in [0.5, 0.6) is 0 Å². The first-order chi connectivity index (χ1) is 10.2. The molecule has 1 aliphatic heterocycles. The summed E-state index contributed by atoms with van der Waals surface area (Å²) >= 11 is 0. The number of hydrogen-bond acceptors (Lipinski definition) is 2. The minimum Gasteiger partial charge on any atom is -0.478 e. The Kier molecular flexibility index (Phi) is 6.09. The Morgan fingerprint density at radius 1 is 1.14 bits per heavy atom. The first kappa shape index (κ1) is 15.9. The fourth-order valence-electron chi connectivity index (χ4n) is 3.10. The van der Waals surface area contributed by atoms with E-state index in [4.69, 9.17) is 5.11 Å². The lowest BCUT2D eigenvalue weighted by molar-refractivity contribution is 0.0697. The fourth-order valence-corrected chi connectivity index (χ4v) is 3.10. The van der Waals surface area contributed by atoms with Gasteiger partial charge in [-0.3, -0.25) is 0 Å². The third kappa shape index (κ3) is 4.48. The van der Waals surface area contributed by atoms with E-state index in [1.165, 1.54) is 56.2 Å². The first-order valence-corrected chi connectivity index (χ1v) is 8.33. The Balaban J connectivity index is 1.74. The van der Waals surface area contributed by atoms with Crippen LogP contribution >= 0.6 is 0 Å². The zero-order chi connectivity index (χ0) is 15.1. The average Bonchev–Trinajstić information content (AvgIpc) is 2.88. The minimum absolute atomic E-state index is 0.409. The number of rotatable bonds is 9. The number of benzene rings is 1. The predicted molar refractivity (Wildman–Crippen MR) is 87.3 cm³/mol. The molecule has 0 saturated heterocycles. The number of aromatic carboxylic acids is 1. The van der Waals surface area contributed by atoms with Crippen LogP contribution in [0.2, 0.25) is 0 Å². The van der Waals surface area contributed by atoms with E-state index in [-0.39, 0.29) is 0 Å². The van der Waals surface area contributed by atoms with Crippen LogP contribution in [-0.2, 0) is 6.42 Å². The molecule has 21 heavy (non-hydrogen) atoms. The Labute approximate surface area is 128 Å². The molecular formula is C18H27NO2. The normalized spacial score (nSPS) is 13.5. The summed E-state index contributed by atoms with van der Waals surface area (Å²) in [5, 5.41) is 9.03. The summed E-state index contributed by atoms with van der Waals surface area (Å²) < 4.78 is 0. The van der Waals surface area contributed by atoms with Gasteiger partial charge in [-0.05, 0) is 36.6 Å². The molecule has 2 rings (SSSR count). The third-order valence-corrected chi connectivity index (χ3v) is 4.35. The fraction of sp³-hybridized carbons (Fsp3) is 0.611. The van der Waals surface area contributed by atoms with Crippen molar-refractivity contribution in [3.8, 4) is 0 Å². The molecule has 0 aliphatic carbocycles. The van der Waals surface area contributed by atoms with Gasteiger partial charge < -0.3 is 10.0 Å². The molecule has 0 atom stereocenters. The third-order valence-electron chi connectivity index (χ3n) is 4.35. The number of carboxylic acid groups (broad SMARTS) is 1. The van der Waals surface area contributed by atoms with Gasteiger partial charge >= 0.3 is 5.97 Å². The maximum atomic E-state index is 11.0. The van der Waals surface area contributed by atoms with Gasteiger partial charge in [-0.15, -0.1) is 0 Å². The molecule has 0 spiro atoms. The summed E-state index contributed by atoms with van der Waals surface area (Å²) in [5.41, 5.74) is 2.84. The van der Waals surface area contributed by atoms with Gasteiger partial charge in [0, 0.05) is 18.8 Å². The molecule has 1 aromatic carbocycles. The maximum absolute atomic E-state index is 11.0. The topological polar surface area (TPSA) is 40.5 Å². The van der Waals surface area contributed by atoms with E-state index in [1.54, 1.807) is 6.07 Å². The minimum atomic E-state index is -0.830. The summed E-state index contributed by atoms with van der Waals surface area (Å²) in [4.78, 5) is 13.4. The molecule has 3 nitrogen and oxygen atoms in total. The number of fused-ring (bicyclic) bond motifs is 1. The number of carboxylic acids is 1. The van der Waals surface area contributed by atoms with Crippen molar-refractivity contribution in [1.82, 2.24) is 0 Å². The Bertz CT molecular complexity index is 470. The van der Waals surface area contributed by atoms with Crippen LogP contribution in [0, 0.1) is 0 Å². The molecule has 1 heterocycles. The van der Waals surface area contributed by atoms with Crippen LogP contribution in [0.4, 0.5) is 5.69 Å². The van der Waals surface area contributed by atoms with Gasteiger partial charge in [-0.25, -0.2) is 4.79 Å². The first-order valence-electron chi connectivity index (χ1n) is 8.33. The van der Waals surface area contributed by atoms with E-state index in [9.17, 15) is 4.79 Å². The molecule has 0 unspecified atom stereocenters. The van der Waals surface area contributed by atoms with Crippen molar-refractivity contribution in [3.63, 3.8) is 0 Å². The van der Waals surface area contributed by atoms with Gasteiger partial charge in [0.1, 0.15) is 0 Å². The SMILES string of the molecule is CCCCCCCCCN1CCc2cc(C(=O)O)ccc21. The van der Waals surface area contributed by atoms with E-state index in [1.807, 2.05) is 12.1 Å². The molecule has 0 radical (unpaired) electrons. The number of hydrogen-bond donors (Lipinski definition) is 1. The Morgan fingerprint density at radius 3 is 2.57 bits per heavy atom. The highest BCUT2D eigenvalue weighted by Gasteiger charge is 2.19. The Morgan fingerprint density at radius 2 is 1.86 bits per heavy atom.